The van der Waals surface area contributed by atoms with Crippen molar-refractivity contribution in [2.75, 3.05) is 6.61 Å². The standard InChI is InChI=1S/C14H15NO2/c16-11-13-5-1-2-6-14(13)17-9-7-12-4-3-8-15-10-12/h1-6,8,10,16H,7,9,11H2. The van der Waals surface area contributed by atoms with Crippen LogP contribution in [0.1, 0.15) is 11.1 Å². The molecule has 0 fully saturated rings. The van der Waals surface area contributed by atoms with E-state index in [0.717, 1.165) is 23.3 Å². The molecular formula is C14H15NO2. The molecule has 0 amide bonds. The predicted molar refractivity (Wildman–Crippen MR) is 65.8 cm³/mol. The summed E-state index contributed by atoms with van der Waals surface area (Å²) < 4.78 is 5.64. The number of pyridine rings is 1. The zero-order chi connectivity index (χ0) is 11.9. The molecule has 0 aliphatic heterocycles. The van der Waals surface area contributed by atoms with E-state index < -0.39 is 0 Å². The van der Waals surface area contributed by atoms with Crippen LogP contribution in [0.3, 0.4) is 0 Å². The van der Waals surface area contributed by atoms with Crippen LogP contribution in [-0.2, 0) is 13.0 Å². The second kappa shape index (κ2) is 6.01. The molecule has 2 rings (SSSR count). The first-order valence-corrected chi connectivity index (χ1v) is 5.60. The highest BCUT2D eigenvalue weighted by atomic mass is 16.5. The van der Waals surface area contributed by atoms with E-state index in [4.69, 9.17) is 9.84 Å². The van der Waals surface area contributed by atoms with Crippen molar-refractivity contribution < 1.29 is 9.84 Å². The summed E-state index contributed by atoms with van der Waals surface area (Å²) in [6.07, 6.45) is 4.40. The summed E-state index contributed by atoms with van der Waals surface area (Å²) in [5, 5.41) is 9.14. The molecule has 0 aliphatic rings. The van der Waals surface area contributed by atoms with Crippen LogP contribution >= 0.6 is 0 Å². The Labute approximate surface area is 101 Å². The van der Waals surface area contributed by atoms with Crippen molar-refractivity contribution in [3.05, 3.63) is 59.9 Å². The van der Waals surface area contributed by atoms with E-state index in [1.54, 1.807) is 6.20 Å². The third-order valence-electron chi connectivity index (χ3n) is 2.51. The number of aromatic nitrogens is 1. The van der Waals surface area contributed by atoms with Gasteiger partial charge in [0.25, 0.3) is 0 Å². The lowest BCUT2D eigenvalue weighted by Crippen LogP contribution is -2.03. The molecule has 17 heavy (non-hydrogen) atoms. The van der Waals surface area contributed by atoms with Gasteiger partial charge < -0.3 is 9.84 Å². The van der Waals surface area contributed by atoms with Gasteiger partial charge in [-0.1, -0.05) is 24.3 Å². The molecule has 1 aromatic heterocycles. The van der Waals surface area contributed by atoms with Gasteiger partial charge in [0, 0.05) is 24.4 Å². The van der Waals surface area contributed by atoms with Crippen LogP contribution < -0.4 is 4.74 Å². The van der Waals surface area contributed by atoms with Gasteiger partial charge >= 0.3 is 0 Å². The summed E-state index contributed by atoms with van der Waals surface area (Å²) in [5.41, 5.74) is 1.97. The smallest absolute Gasteiger partial charge is 0.124 e. The third-order valence-corrected chi connectivity index (χ3v) is 2.51. The minimum absolute atomic E-state index is 0.00304. The number of para-hydroxylation sites is 1. The molecule has 0 aliphatic carbocycles. The summed E-state index contributed by atoms with van der Waals surface area (Å²) in [6.45, 7) is 0.589. The van der Waals surface area contributed by atoms with Crippen molar-refractivity contribution >= 4 is 0 Å². The molecular weight excluding hydrogens is 214 g/mol. The van der Waals surface area contributed by atoms with Gasteiger partial charge in [-0.05, 0) is 17.7 Å². The number of aliphatic hydroxyl groups is 1. The molecule has 1 N–H and O–H groups in total. The number of ether oxygens (including phenoxy) is 1. The molecule has 3 nitrogen and oxygen atoms in total. The number of rotatable bonds is 5. The highest BCUT2D eigenvalue weighted by Gasteiger charge is 2.01. The fraction of sp³-hybridized carbons (Fsp3) is 0.214. The van der Waals surface area contributed by atoms with E-state index >= 15 is 0 Å². The van der Waals surface area contributed by atoms with Gasteiger partial charge in [0.15, 0.2) is 0 Å². The summed E-state index contributed by atoms with van der Waals surface area (Å²) >= 11 is 0. The number of benzene rings is 1. The van der Waals surface area contributed by atoms with Crippen LogP contribution in [0.2, 0.25) is 0 Å². The van der Waals surface area contributed by atoms with Crippen molar-refractivity contribution in [2.45, 2.75) is 13.0 Å². The molecule has 88 valence electrons. The van der Waals surface area contributed by atoms with Gasteiger partial charge in [-0.3, -0.25) is 4.98 Å². The lowest BCUT2D eigenvalue weighted by molar-refractivity contribution is 0.264. The van der Waals surface area contributed by atoms with Gasteiger partial charge in [0.1, 0.15) is 5.75 Å². The Kier molecular flexibility index (Phi) is 4.11. The van der Waals surface area contributed by atoms with E-state index in [1.165, 1.54) is 0 Å². The van der Waals surface area contributed by atoms with E-state index in [1.807, 2.05) is 42.6 Å². The van der Waals surface area contributed by atoms with Crippen molar-refractivity contribution in [3.63, 3.8) is 0 Å². The molecule has 3 heteroatoms. The second-order valence-corrected chi connectivity index (χ2v) is 3.73. The van der Waals surface area contributed by atoms with Gasteiger partial charge in [0.05, 0.1) is 13.2 Å². The van der Waals surface area contributed by atoms with Crippen molar-refractivity contribution in [2.24, 2.45) is 0 Å². The van der Waals surface area contributed by atoms with Gasteiger partial charge in [-0.25, -0.2) is 0 Å². The van der Waals surface area contributed by atoms with Crippen LogP contribution in [0.4, 0.5) is 0 Å². The summed E-state index contributed by atoms with van der Waals surface area (Å²) in [6, 6.07) is 11.5. The number of hydrogen-bond donors (Lipinski definition) is 1. The zero-order valence-electron chi connectivity index (χ0n) is 9.54. The molecule has 0 bridgehead atoms. The fourth-order valence-corrected chi connectivity index (χ4v) is 1.60. The quantitative estimate of drug-likeness (QED) is 0.854. The Balaban J connectivity index is 1.90. The minimum atomic E-state index is 0.00304. The average molecular weight is 229 g/mol. The molecule has 1 aromatic carbocycles. The molecule has 0 atom stereocenters. The minimum Gasteiger partial charge on any atom is -0.493 e. The average Bonchev–Trinajstić information content (AvgIpc) is 2.40. The molecule has 0 saturated carbocycles. The van der Waals surface area contributed by atoms with Crippen LogP contribution in [0, 0.1) is 0 Å². The molecule has 0 unspecified atom stereocenters. The molecule has 0 saturated heterocycles. The summed E-state index contributed by atoms with van der Waals surface area (Å²) in [5.74, 6) is 0.749. The van der Waals surface area contributed by atoms with Gasteiger partial charge in [0.2, 0.25) is 0 Å². The van der Waals surface area contributed by atoms with E-state index in [0.29, 0.717) is 6.61 Å². The van der Waals surface area contributed by atoms with Crippen LogP contribution in [0.25, 0.3) is 0 Å². The van der Waals surface area contributed by atoms with Crippen molar-refractivity contribution in [3.8, 4) is 5.75 Å². The van der Waals surface area contributed by atoms with Crippen LogP contribution in [-0.4, -0.2) is 16.7 Å². The maximum absolute atomic E-state index is 9.14. The molecule has 0 radical (unpaired) electrons. The Morgan fingerprint density at radius 3 is 2.76 bits per heavy atom. The maximum Gasteiger partial charge on any atom is 0.124 e. The highest BCUT2D eigenvalue weighted by Crippen LogP contribution is 2.17. The number of hydrogen-bond acceptors (Lipinski definition) is 3. The fourth-order valence-electron chi connectivity index (χ4n) is 1.60. The van der Waals surface area contributed by atoms with E-state index in [2.05, 4.69) is 4.98 Å². The van der Waals surface area contributed by atoms with Crippen LogP contribution in [0.15, 0.2) is 48.8 Å². The molecule has 1 heterocycles. The maximum atomic E-state index is 9.14. The summed E-state index contributed by atoms with van der Waals surface area (Å²) in [4.78, 5) is 4.05. The molecule has 0 spiro atoms. The lowest BCUT2D eigenvalue weighted by atomic mass is 10.2. The Bertz CT molecular complexity index is 457. The number of aliphatic hydroxyl groups excluding tert-OH is 1. The van der Waals surface area contributed by atoms with Crippen LogP contribution in [0.5, 0.6) is 5.75 Å². The lowest BCUT2D eigenvalue weighted by Gasteiger charge is -2.09. The largest absolute Gasteiger partial charge is 0.493 e. The highest BCUT2D eigenvalue weighted by molar-refractivity contribution is 5.32. The Morgan fingerprint density at radius 1 is 1.12 bits per heavy atom. The second-order valence-electron chi connectivity index (χ2n) is 3.73. The van der Waals surface area contributed by atoms with E-state index in [9.17, 15) is 0 Å². The molecule has 2 aromatic rings. The SMILES string of the molecule is OCc1ccccc1OCCc1cccnc1. The Hall–Kier alpha value is -1.87. The third kappa shape index (κ3) is 3.29. The number of nitrogens with zero attached hydrogens (tertiary/aromatic N) is 1. The summed E-state index contributed by atoms with van der Waals surface area (Å²) in [7, 11) is 0. The van der Waals surface area contributed by atoms with Crippen molar-refractivity contribution in [1.82, 2.24) is 4.98 Å². The van der Waals surface area contributed by atoms with Crippen molar-refractivity contribution in [1.29, 1.82) is 0 Å². The monoisotopic (exact) mass is 229 g/mol. The van der Waals surface area contributed by atoms with Gasteiger partial charge in [-0.2, -0.15) is 0 Å². The zero-order valence-corrected chi connectivity index (χ0v) is 9.54. The first-order valence-electron chi connectivity index (χ1n) is 5.60. The topological polar surface area (TPSA) is 42.4 Å². The van der Waals surface area contributed by atoms with Gasteiger partial charge in [-0.15, -0.1) is 0 Å². The van der Waals surface area contributed by atoms with E-state index in [-0.39, 0.29) is 6.61 Å². The Morgan fingerprint density at radius 2 is 2.00 bits per heavy atom. The predicted octanol–water partition coefficient (Wildman–Crippen LogP) is 2.20. The first kappa shape index (κ1) is 11.6. The first-order chi connectivity index (χ1) is 8.40. The normalized spacial score (nSPS) is 10.2.